The number of imidazole rings is 1. The van der Waals surface area contributed by atoms with Gasteiger partial charge in [-0.3, -0.25) is 0 Å². The standard InChI is InChI=1S/C15H18Cl2FN3/c1-20-5-3-2-4-10(20)9-21-14-7-12(18)11(17)6-13(14)19-15(21)8-16/h6-7,10H,2-5,8-9H2,1H3. The molecule has 0 spiro atoms. The number of nitrogens with zero attached hydrogens (tertiary/aromatic N) is 3. The van der Waals surface area contributed by atoms with Crippen molar-refractivity contribution in [3.63, 3.8) is 0 Å². The number of halogens is 3. The van der Waals surface area contributed by atoms with E-state index in [9.17, 15) is 4.39 Å². The van der Waals surface area contributed by atoms with Gasteiger partial charge in [0.25, 0.3) is 0 Å². The van der Waals surface area contributed by atoms with Crippen molar-refractivity contribution in [3.05, 3.63) is 28.8 Å². The van der Waals surface area contributed by atoms with Crippen LogP contribution in [0.4, 0.5) is 4.39 Å². The molecule has 2 heterocycles. The maximum Gasteiger partial charge on any atom is 0.144 e. The first kappa shape index (κ1) is 15.1. The number of hydrogen-bond acceptors (Lipinski definition) is 2. The van der Waals surface area contributed by atoms with E-state index in [-0.39, 0.29) is 5.02 Å². The van der Waals surface area contributed by atoms with E-state index in [0.29, 0.717) is 17.4 Å². The molecule has 1 aliphatic heterocycles. The second kappa shape index (κ2) is 6.11. The molecule has 3 nitrogen and oxygen atoms in total. The zero-order valence-electron chi connectivity index (χ0n) is 12.0. The van der Waals surface area contributed by atoms with Crippen LogP contribution in [-0.2, 0) is 12.4 Å². The summed E-state index contributed by atoms with van der Waals surface area (Å²) in [5, 5.41) is 0.100. The van der Waals surface area contributed by atoms with Crippen LogP contribution in [0, 0.1) is 5.82 Å². The largest absolute Gasteiger partial charge is 0.325 e. The van der Waals surface area contributed by atoms with Crippen molar-refractivity contribution in [2.45, 2.75) is 37.7 Å². The normalized spacial score (nSPS) is 20.3. The topological polar surface area (TPSA) is 21.1 Å². The molecule has 21 heavy (non-hydrogen) atoms. The van der Waals surface area contributed by atoms with Crippen molar-refractivity contribution < 1.29 is 4.39 Å². The van der Waals surface area contributed by atoms with Crippen LogP contribution in [0.5, 0.6) is 0 Å². The Morgan fingerprint density at radius 2 is 2.19 bits per heavy atom. The molecule has 0 radical (unpaired) electrons. The second-order valence-corrected chi connectivity index (χ2v) is 6.33. The molecule has 0 aliphatic carbocycles. The molecule has 0 amide bonds. The molecule has 1 atom stereocenters. The fourth-order valence-corrected chi connectivity index (χ4v) is 3.42. The lowest BCUT2D eigenvalue weighted by Crippen LogP contribution is -2.39. The molecule has 0 N–H and O–H groups in total. The van der Waals surface area contributed by atoms with Crippen LogP contribution in [0.25, 0.3) is 11.0 Å². The zero-order chi connectivity index (χ0) is 15.0. The average Bonchev–Trinajstić information content (AvgIpc) is 2.79. The van der Waals surface area contributed by atoms with E-state index in [1.165, 1.54) is 18.9 Å². The summed E-state index contributed by atoms with van der Waals surface area (Å²) in [5.41, 5.74) is 1.47. The monoisotopic (exact) mass is 329 g/mol. The highest BCUT2D eigenvalue weighted by Gasteiger charge is 2.22. The first-order valence-electron chi connectivity index (χ1n) is 7.20. The number of aromatic nitrogens is 2. The Hall–Kier alpha value is -0.840. The molecular formula is C15H18Cl2FN3. The maximum atomic E-state index is 13.8. The minimum absolute atomic E-state index is 0.100. The summed E-state index contributed by atoms with van der Waals surface area (Å²) >= 11 is 11.9. The Morgan fingerprint density at radius 1 is 1.38 bits per heavy atom. The van der Waals surface area contributed by atoms with E-state index in [1.807, 2.05) is 4.57 Å². The van der Waals surface area contributed by atoms with Gasteiger partial charge >= 0.3 is 0 Å². The molecule has 114 valence electrons. The summed E-state index contributed by atoms with van der Waals surface area (Å²) in [4.78, 5) is 6.85. The fourth-order valence-electron chi connectivity index (χ4n) is 3.06. The molecule has 0 bridgehead atoms. The van der Waals surface area contributed by atoms with Crippen molar-refractivity contribution in [3.8, 4) is 0 Å². The van der Waals surface area contributed by atoms with Crippen molar-refractivity contribution >= 4 is 34.2 Å². The van der Waals surface area contributed by atoms with Crippen LogP contribution >= 0.6 is 23.2 Å². The lowest BCUT2D eigenvalue weighted by molar-refractivity contribution is 0.168. The molecular weight excluding hydrogens is 312 g/mol. The van der Waals surface area contributed by atoms with Gasteiger partial charge in [-0.15, -0.1) is 11.6 Å². The Bertz CT molecular complexity index is 656. The first-order valence-corrected chi connectivity index (χ1v) is 8.11. The minimum atomic E-state index is -0.413. The van der Waals surface area contributed by atoms with Gasteiger partial charge < -0.3 is 9.47 Å². The quantitative estimate of drug-likeness (QED) is 0.792. The van der Waals surface area contributed by atoms with Gasteiger partial charge in [0.05, 0.1) is 21.9 Å². The third-order valence-electron chi connectivity index (χ3n) is 4.30. The zero-order valence-corrected chi connectivity index (χ0v) is 13.5. The Balaban J connectivity index is 2.01. The summed E-state index contributed by atoms with van der Waals surface area (Å²) in [6.07, 6.45) is 3.62. The maximum absolute atomic E-state index is 13.8. The van der Waals surface area contributed by atoms with Gasteiger partial charge in [0, 0.05) is 18.7 Å². The molecule has 3 rings (SSSR count). The number of likely N-dealkylation sites (N-methyl/N-ethyl adjacent to an activating group) is 1. The number of fused-ring (bicyclic) bond motifs is 1. The first-order chi connectivity index (χ1) is 10.1. The number of benzene rings is 1. The summed E-state index contributed by atoms with van der Waals surface area (Å²) in [6.45, 7) is 1.89. The molecule has 1 saturated heterocycles. The molecule has 1 aliphatic rings. The summed E-state index contributed by atoms with van der Waals surface area (Å²) in [7, 11) is 2.14. The third-order valence-corrected chi connectivity index (χ3v) is 4.83. The van der Waals surface area contributed by atoms with Crippen LogP contribution in [0.3, 0.4) is 0 Å². The van der Waals surface area contributed by atoms with Crippen molar-refractivity contribution in [1.29, 1.82) is 0 Å². The van der Waals surface area contributed by atoms with Crippen molar-refractivity contribution in [2.75, 3.05) is 13.6 Å². The van der Waals surface area contributed by atoms with Crippen LogP contribution in [0.1, 0.15) is 25.1 Å². The van der Waals surface area contributed by atoms with Gasteiger partial charge in [-0.05, 0) is 32.5 Å². The van der Waals surface area contributed by atoms with Gasteiger partial charge in [0.15, 0.2) is 0 Å². The van der Waals surface area contributed by atoms with Crippen LogP contribution in [-0.4, -0.2) is 34.1 Å². The van der Waals surface area contributed by atoms with Crippen molar-refractivity contribution in [1.82, 2.24) is 14.5 Å². The lowest BCUT2D eigenvalue weighted by atomic mass is 10.0. The molecule has 1 aromatic carbocycles. The van der Waals surface area contributed by atoms with Gasteiger partial charge in [-0.1, -0.05) is 18.0 Å². The molecule has 1 aromatic heterocycles. The number of piperidine rings is 1. The van der Waals surface area contributed by atoms with Gasteiger partial charge in [0.2, 0.25) is 0 Å². The predicted octanol–water partition coefficient (Wildman–Crippen LogP) is 4.05. The molecule has 2 aromatic rings. The fraction of sp³-hybridized carbons (Fsp3) is 0.533. The van der Waals surface area contributed by atoms with E-state index >= 15 is 0 Å². The number of likely N-dealkylation sites (tertiary alicyclic amines) is 1. The SMILES string of the molecule is CN1CCCCC1Cn1c(CCl)nc2cc(Cl)c(F)cc21. The number of rotatable bonds is 3. The van der Waals surface area contributed by atoms with E-state index in [0.717, 1.165) is 30.9 Å². The Morgan fingerprint density at radius 3 is 2.90 bits per heavy atom. The van der Waals surface area contributed by atoms with Gasteiger partial charge in [0.1, 0.15) is 11.6 Å². The Labute approximate surface area is 133 Å². The predicted molar refractivity (Wildman–Crippen MR) is 84.5 cm³/mol. The average molecular weight is 330 g/mol. The number of hydrogen-bond donors (Lipinski definition) is 0. The number of alkyl halides is 1. The summed E-state index contributed by atoms with van der Waals surface area (Å²) in [6, 6.07) is 3.48. The van der Waals surface area contributed by atoms with E-state index in [2.05, 4.69) is 16.9 Å². The van der Waals surface area contributed by atoms with Crippen LogP contribution < -0.4 is 0 Å². The van der Waals surface area contributed by atoms with E-state index < -0.39 is 5.82 Å². The summed E-state index contributed by atoms with van der Waals surface area (Å²) < 4.78 is 15.8. The smallest absolute Gasteiger partial charge is 0.144 e. The third kappa shape index (κ3) is 2.89. The highest BCUT2D eigenvalue weighted by atomic mass is 35.5. The highest BCUT2D eigenvalue weighted by Crippen LogP contribution is 2.26. The van der Waals surface area contributed by atoms with E-state index in [1.54, 1.807) is 6.07 Å². The molecule has 1 fully saturated rings. The highest BCUT2D eigenvalue weighted by molar-refractivity contribution is 6.31. The minimum Gasteiger partial charge on any atom is -0.325 e. The lowest BCUT2D eigenvalue weighted by Gasteiger charge is -2.33. The summed E-state index contributed by atoms with van der Waals surface area (Å²) in [5.74, 6) is 0.667. The van der Waals surface area contributed by atoms with Crippen LogP contribution in [0.2, 0.25) is 5.02 Å². The van der Waals surface area contributed by atoms with Crippen LogP contribution in [0.15, 0.2) is 12.1 Å². The molecule has 0 saturated carbocycles. The van der Waals surface area contributed by atoms with Gasteiger partial charge in [-0.25, -0.2) is 9.37 Å². The Kier molecular flexibility index (Phi) is 4.38. The second-order valence-electron chi connectivity index (χ2n) is 5.66. The molecule has 6 heteroatoms. The van der Waals surface area contributed by atoms with E-state index in [4.69, 9.17) is 23.2 Å². The molecule has 1 unspecified atom stereocenters. The van der Waals surface area contributed by atoms with Gasteiger partial charge in [-0.2, -0.15) is 0 Å². The van der Waals surface area contributed by atoms with Crippen molar-refractivity contribution in [2.24, 2.45) is 0 Å².